The van der Waals surface area contributed by atoms with Crippen molar-refractivity contribution in [1.82, 2.24) is 4.90 Å². The molecule has 0 bridgehead atoms. The zero-order valence-corrected chi connectivity index (χ0v) is 10.8. The van der Waals surface area contributed by atoms with Gasteiger partial charge in [0.1, 0.15) is 11.7 Å². The van der Waals surface area contributed by atoms with E-state index in [0.29, 0.717) is 0 Å². The fourth-order valence-corrected chi connectivity index (χ4v) is 2.31. The second-order valence-corrected chi connectivity index (χ2v) is 5.72. The Morgan fingerprint density at radius 2 is 2.00 bits per heavy atom. The minimum Gasteiger partial charge on any atom is -0.476 e. The average Bonchev–Trinajstić information content (AvgIpc) is 2.51. The maximum absolute atomic E-state index is 11.9. The fourth-order valence-electron chi connectivity index (χ4n) is 2.31. The first-order chi connectivity index (χ1) is 8.16. The van der Waals surface area contributed by atoms with Gasteiger partial charge in [0.15, 0.2) is 11.9 Å². The Labute approximate surface area is 105 Å². The summed E-state index contributed by atoms with van der Waals surface area (Å²) in [4.78, 5) is 24.3. The van der Waals surface area contributed by atoms with Gasteiger partial charge in [0.2, 0.25) is 5.91 Å². The van der Waals surface area contributed by atoms with E-state index in [4.69, 9.17) is 4.74 Å². The summed E-state index contributed by atoms with van der Waals surface area (Å²) >= 11 is 0. The maximum Gasteiger partial charge on any atom is 0.356 e. The fraction of sp³-hybridized carbons (Fsp3) is 0.667. The zero-order valence-electron chi connectivity index (χ0n) is 10.8. The third-order valence-electron chi connectivity index (χ3n) is 3.18. The summed E-state index contributed by atoms with van der Waals surface area (Å²) in [5, 5.41) is 18.7. The summed E-state index contributed by atoms with van der Waals surface area (Å²) in [6.45, 7) is 6.95. The molecule has 0 spiro atoms. The molecule has 6 nitrogen and oxygen atoms in total. The number of ether oxygens (including phenoxy) is 1. The summed E-state index contributed by atoms with van der Waals surface area (Å²) < 4.78 is 5.59. The quantitative estimate of drug-likeness (QED) is 0.703. The van der Waals surface area contributed by atoms with Gasteiger partial charge in [-0.3, -0.25) is 9.69 Å². The molecule has 18 heavy (non-hydrogen) atoms. The number of allylic oxidation sites excluding steroid dienone is 1. The van der Waals surface area contributed by atoms with Gasteiger partial charge in [0.25, 0.3) is 0 Å². The van der Waals surface area contributed by atoms with Crippen LogP contribution in [0.25, 0.3) is 0 Å². The van der Waals surface area contributed by atoms with Crippen molar-refractivity contribution in [3.8, 4) is 0 Å². The topological polar surface area (TPSA) is 87.1 Å². The third kappa shape index (κ3) is 1.59. The molecule has 2 aliphatic rings. The number of carbonyl (C=O) groups excluding carboxylic acids is 1. The number of carbonyl (C=O) groups is 2. The predicted octanol–water partition coefficient (Wildman–Crippen LogP) is 0.524. The lowest BCUT2D eigenvalue weighted by molar-refractivity contribution is -0.183. The van der Waals surface area contributed by atoms with Gasteiger partial charge in [-0.1, -0.05) is 20.8 Å². The van der Waals surface area contributed by atoms with Gasteiger partial charge in [-0.05, 0) is 6.92 Å². The van der Waals surface area contributed by atoms with Crippen LogP contribution in [-0.4, -0.2) is 39.3 Å². The predicted molar refractivity (Wildman–Crippen MR) is 61.0 cm³/mol. The van der Waals surface area contributed by atoms with E-state index < -0.39 is 35.5 Å². The molecule has 0 aliphatic carbocycles. The molecule has 0 saturated carbocycles. The van der Waals surface area contributed by atoms with Gasteiger partial charge in [0, 0.05) is 5.41 Å². The van der Waals surface area contributed by atoms with Gasteiger partial charge < -0.3 is 14.9 Å². The van der Waals surface area contributed by atoms with Crippen LogP contribution in [-0.2, 0) is 14.3 Å². The van der Waals surface area contributed by atoms with Gasteiger partial charge >= 0.3 is 5.97 Å². The van der Waals surface area contributed by atoms with Crippen molar-refractivity contribution in [2.24, 2.45) is 11.3 Å². The molecule has 100 valence electrons. The minimum atomic E-state index is -1.18. The van der Waals surface area contributed by atoms with Crippen molar-refractivity contribution in [2.75, 3.05) is 0 Å². The highest BCUT2D eigenvalue weighted by atomic mass is 16.5. The van der Waals surface area contributed by atoms with E-state index in [2.05, 4.69) is 0 Å². The Balaban J connectivity index is 2.39. The monoisotopic (exact) mass is 255 g/mol. The van der Waals surface area contributed by atoms with Crippen LogP contribution < -0.4 is 0 Å². The van der Waals surface area contributed by atoms with E-state index in [1.54, 1.807) is 0 Å². The zero-order chi connectivity index (χ0) is 13.8. The molecule has 3 atom stereocenters. The number of fused-ring (bicyclic) bond motifs is 1. The molecule has 6 heteroatoms. The van der Waals surface area contributed by atoms with Crippen LogP contribution in [0, 0.1) is 11.3 Å². The molecule has 2 aliphatic heterocycles. The molecular formula is C12H17NO5. The number of rotatable bonds is 2. The van der Waals surface area contributed by atoms with Crippen molar-refractivity contribution in [1.29, 1.82) is 0 Å². The smallest absolute Gasteiger partial charge is 0.356 e. The van der Waals surface area contributed by atoms with Crippen LogP contribution >= 0.6 is 0 Å². The highest BCUT2D eigenvalue weighted by Gasteiger charge is 2.60. The Bertz CT molecular complexity index is 446. The molecule has 1 amide bonds. The van der Waals surface area contributed by atoms with Crippen molar-refractivity contribution in [2.45, 2.75) is 40.0 Å². The Morgan fingerprint density at radius 1 is 1.44 bits per heavy atom. The number of β-lactam (4-membered cyclic amide) rings is 1. The van der Waals surface area contributed by atoms with E-state index in [9.17, 15) is 19.8 Å². The number of aliphatic hydroxyl groups is 1. The molecule has 1 fully saturated rings. The van der Waals surface area contributed by atoms with E-state index in [1.165, 1.54) is 6.92 Å². The molecule has 0 aromatic carbocycles. The normalized spacial score (nSPS) is 28.7. The first-order valence-electron chi connectivity index (χ1n) is 5.82. The van der Waals surface area contributed by atoms with Crippen molar-refractivity contribution in [3.05, 3.63) is 11.5 Å². The number of amides is 1. The molecule has 0 aromatic rings. The standard InChI is InChI=1S/C12H17NO5/c1-5(14)6-9(15)13-7(11(16)17)8(12(2,3)4)18-10(6)13/h5-6,10,14H,1-4H3,(H,16,17)/t5-,6?,10?/m0/s1. The lowest BCUT2D eigenvalue weighted by Gasteiger charge is -2.42. The van der Waals surface area contributed by atoms with Gasteiger partial charge in [-0.15, -0.1) is 0 Å². The molecular weight excluding hydrogens is 238 g/mol. The summed E-state index contributed by atoms with van der Waals surface area (Å²) in [6.07, 6.45) is -1.54. The lowest BCUT2D eigenvalue weighted by atomic mass is 9.90. The Hall–Kier alpha value is -1.56. The number of aliphatic hydroxyl groups excluding tert-OH is 1. The molecule has 2 heterocycles. The summed E-state index contributed by atoms with van der Waals surface area (Å²) in [5.41, 5.74) is -0.608. The maximum atomic E-state index is 11.9. The summed E-state index contributed by atoms with van der Waals surface area (Å²) in [6, 6.07) is 0. The van der Waals surface area contributed by atoms with E-state index in [0.717, 1.165) is 4.90 Å². The summed E-state index contributed by atoms with van der Waals surface area (Å²) in [7, 11) is 0. The third-order valence-corrected chi connectivity index (χ3v) is 3.18. The molecule has 2 N–H and O–H groups in total. The first-order valence-corrected chi connectivity index (χ1v) is 5.82. The molecule has 2 rings (SSSR count). The van der Waals surface area contributed by atoms with Gasteiger partial charge in [0.05, 0.1) is 6.10 Å². The van der Waals surface area contributed by atoms with Crippen molar-refractivity contribution < 1.29 is 24.5 Å². The Morgan fingerprint density at radius 3 is 2.39 bits per heavy atom. The second kappa shape index (κ2) is 3.71. The largest absolute Gasteiger partial charge is 0.476 e. The van der Waals surface area contributed by atoms with Crippen molar-refractivity contribution in [3.63, 3.8) is 0 Å². The van der Waals surface area contributed by atoms with Gasteiger partial charge in [-0.25, -0.2) is 4.79 Å². The van der Waals surface area contributed by atoms with Crippen molar-refractivity contribution >= 4 is 11.9 Å². The molecule has 0 radical (unpaired) electrons. The first kappa shape index (κ1) is 12.9. The lowest BCUT2D eigenvalue weighted by Crippen LogP contribution is -2.62. The summed E-state index contributed by atoms with van der Waals surface area (Å²) in [5.74, 6) is -1.97. The van der Waals surface area contributed by atoms with Crippen LogP contribution in [0.4, 0.5) is 0 Å². The number of hydrogen-bond donors (Lipinski definition) is 2. The highest BCUT2D eigenvalue weighted by molar-refractivity contribution is 5.98. The van der Waals surface area contributed by atoms with Crippen LogP contribution in [0.15, 0.2) is 11.5 Å². The van der Waals surface area contributed by atoms with Crippen LogP contribution in [0.1, 0.15) is 27.7 Å². The molecule has 0 aromatic heterocycles. The number of carboxylic acid groups (broad SMARTS) is 1. The Kier molecular flexibility index (Phi) is 2.66. The van der Waals surface area contributed by atoms with Crippen LogP contribution in [0.5, 0.6) is 0 Å². The highest BCUT2D eigenvalue weighted by Crippen LogP contribution is 2.46. The van der Waals surface area contributed by atoms with E-state index in [-0.39, 0.29) is 11.5 Å². The SMILES string of the molecule is C[C@H](O)C1C(=O)N2C(C(=O)O)=C(C(C)(C)C)OC12. The van der Waals surface area contributed by atoms with E-state index in [1.807, 2.05) is 20.8 Å². The molecule has 2 unspecified atom stereocenters. The molecule has 1 saturated heterocycles. The average molecular weight is 255 g/mol. The van der Waals surface area contributed by atoms with Crippen LogP contribution in [0.3, 0.4) is 0 Å². The minimum absolute atomic E-state index is 0.102. The second-order valence-electron chi connectivity index (χ2n) is 5.72. The van der Waals surface area contributed by atoms with Gasteiger partial charge in [-0.2, -0.15) is 0 Å². The number of hydrogen-bond acceptors (Lipinski definition) is 4. The number of aliphatic carboxylic acids is 1. The van der Waals surface area contributed by atoms with Crippen LogP contribution in [0.2, 0.25) is 0 Å². The number of nitrogens with zero attached hydrogens (tertiary/aromatic N) is 1. The van der Waals surface area contributed by atoms with E-state index >= 15 is 0 Å². The number of carboxylic acids is 1.